The molecule has 1 unspecified atom stereocenters. The van der Waals surface area contributed by atoms with E-state index in [9.17, 15) is 4.79 Å². The molecule has 1 rings (SSSR count). The molecule has 1 saturated heterocycles. The van der Waals surface area contributed by atoms with Crippen LogP contribution in [0.15, 0.2) is 0 Å². The summed E-state index contributed by atoms with van der Waals surface area (Å²) in [7, 11) is 0.908. The Labute approximate surface area is 46.0 Å². The Morgan fingerprint density at radius 1 is 2.00 bits per heavy atom. The molecule has 0 radical (unpaired) electrons. The standard InChI is InChI=1S/C4H9NOSi/c1-3-2-4(6)5(3)7/h3H,2H2,1,7H3. The van der Waals surface area contributed by atoms with Crippen LogP contribution in [0.1, 0.15) is 13.3 Å². The van der Waals surface area contributed by atoms with Crippen LogP contribution in [-0.4, -0.2) is 26.9 Å². The molecule has 0 spiro atoms. The third-order valence-corrected chi connectivity index (χ3v) is 2.90. The third-order valence-electron chi connectivity index (χ3n) is 1.52. The number of carbonyl (C=O) groups excluding carboxylic acids is 1. The Bertz CT molecular complexity index is 104. The molecule has 0 aromatic heterocycles. The maximum Gasteiger partial charge on any atom is 0.216 e. The van der Waals surface area contributed by atoms with E-state index in [1.54, 1.807) is 0 Å². The van der Waals surface area contributed by atoms with Gasteiger partial charge >= 0.3 is 0 Å². The predicted molar refractivity (Wildman–Crippen MR) is 30.9 cm³/mol. The summed E-state index contributed by atoms with van der Waals surface area (Å²) in [5.74, 6) is 0.333. The quantitative estimate of drug-likeness (QED) is 0.289. The first-order chi connectivity index (χ1) is 3.22. The molecule has 3 heteroatoms. The number of nitrogens with zero attached hydrogens (tertiary/aromatic N) is 1. The number of hydrogen-bond acceptors (Lipinski definition) is 1. The van der Waals surface area contributed by atoms with Crippen LogP contribution < -0.4 is 0 Å². The van der Waals surface area contributed by atoms with Crippen LogP contribution in [-0.2, 0) is 4.79 Å². The second-order valence-corrected chi connectivity index (χ2v) is 3.02. The Hall–Kier alpha value is -0.313. The van der Waals surface area contributed by atoms with Crippen molar-refractivity contribution in [2.45, 2.75) is 19.4 Å². The van der Waals surface area contributed by atoms with Crippen LogP contribution in [0, 0.1) is 0 Å². The van der Waals surface area contributed by atoms with E-state index in [4.69, 9.17) is 0 Å². The molecule has 7 heavy (non-hydrogen) atoms. The lowest BCUT2D eigenvalue weighted by atomic mass is 10.1. The monoisotopic (exact) mass is 115 g/mol. The average molecular weight is 115 g/mol. The number of hydrogen-bond donors (Lipinski definition) is 0. The molecule has 1 fully saturated rings. The highest BCUT2D eigenvalue weighted by atomic mass is 28.2. The fourth-order valence-corrected chi connectivity index (χ4v) is 1.03. The molecule has 0 saturated carbocycles. The first-order valence-electron chi connectivity index (χ1n) is 2.47. The lowest BCUT2D eigenvalue weighted by Gasteiger charge is -2.35. The summed E-state index contributed by atoms with van der Waals surface area (Å²) in [4.78, 5) is 10.4. The van der Waals surface area contributed by atoms with Crippen molar-refractivity contribution in [3.63, 3.8) is 0 Å². The molecule has 0 aromatic rings. The van der Waals surface area contributed by atoms with Gasteiger partial charge in [-0.1, -0.05) is 0 Å². The van der Waals surface area contributed by atoms with Crippen LogP contribution in [0.3, 0.4) is 0 Å². The lowest BCUT2D eigenvalue weighted by molar-refractivity contribution is -0.136. The molecule has 1 aliphatic rings. The number of β-lactam (4-membered cyclic amide) rings is 1. The zero-order valence-corrected chi connectivity index (χ0v) is 6.64. The highest BCUT2D eigenvalue weighted by Gasteiger charge is 2.26. The Kier molecular flexibility index (Phi) is 0.920. The normalized spacial score (nSPS) is 30.7. The van der Waals surface area contributed by atoms with Crippen molar-refractivity contribution in [2.75, 3.05) is 0 Å². The Morgan fingerprint density at radius 2 is 2.57 bits per heavy atom. The van der Waals surface area contributed by atoms with Crippen molar-refractivity contribution in [3.05, 3.63) is 0 Å². The smallest absolute Gasteiger partial charge is 0.216 e. The van der Waals surface area contributed by atoms with Gasteiger partial charge in [-0.05, 0) is 6.92 Å². The SMILES string of the molecule is CC1CC(=O)N1[SiH3]. The summed E-state index contributed by atoms with van der Waals surface area (Å²) in [6, 6.07) is 0.555. The van der Waals surface area contributed by atoms with Crippen molar-refractivity contribution in [2.24, 2.45) is 0 Å². The van der Waals surface area contributed by atoms with Crippen LogP contribution in [0.5, 0.6) is 0 Å². The number of carbonyl (C=O) groups is 1. The Morgan fingerprint density at radius 3 is 2.57 bits per heavy atom. The maximum absolute atomic E-state index is 10.4. The summed E-state index contributed by atoms with van der Waals surface area (Å²) in [6.45, 7) is 2.08. The van der Waals surface area contributed by atoms with Gasteiger partial charge in [-0.25, -0.2) is 0 Å². The van der Waals surface area contributed by atoms with Crippen molar-refractivity contribution in [3.8, 4) is 0 Å². The molecule has 1 amide bonds. The van der Waals surface area contributed by atoms with Crippen LogP contribution in [0.4, 0.5) is 0 Å². The molecular weight excluding hydrogens is 106 g/mol. The van der Waals surface area contributed by atoms with Crippen molar-refractivity contribution < 1.29 is 4.79 Å². The summed E-state index contributed by atoms with van der Waals surface area (Å²) in [5.41, 5.74) is 0. The van der Waals surface area contributed by atoms with Crippen molar-refractivity contribution in [1.29, 1.82) is 0 Å². The summed E-state index contributed by atoms with van der Waals surface area (Å²) in [5, 5.41) is 0. The van der Waals surface area contributed by atoms with Gasteiger partial charge in [-0.3, -0.25) is 4.79 Å². The topological polar surface area (TPSA) is 20.3 Å². The first-order valence-corrected chi connectivity index (χ1v) is 3.37. The molecule has 0 N–H and O–H groups in total. The third kappa shape index (κ3) is 0.566. The highest BCUT2D eigenvalue weighted by Crippen LogP contribution is 2.13. The van der Waals surface area contributed by atoms with Gasteiger partial charge in [0.1, 0.15) is 10.4 Å². The highest BCUT2D eigenvalue weighted by molar-refractivity contribution is 6.17. The van der Waals surface area contributed by atoms with Gasteiger partial charge in [-0.2, -0.15) is 0 Å². The van der Waals surface area contributed by atoms with Crippen LogP contribution >= 0.6 is 0 Å². The zero-order valence-electron chi connectivity index (χ0n) is 4.64. The minimum Gasteiger partial charge on any atom is -0.375 e. The molecular formula is C4H9NOSi. The van der Waals surface area contributed by atoms with E-state index in [1.165, 1.54) is 0 Å². The molecule has 1 heterocycles. The number of amides is 1. The molecule has 1 aliphatic heterocycles. The van der Waals surface area contributed by atoms with Crippen LogP contribution in [0.25, 0.3) is 0 Å². The molecule has 2 nitrogen and oxygen atoms in total. The maximum atomic E-state index is 10.4. The van der Waals surface area contributed by atoms with Gasteiger partial charge in [0, 0.05) is 12.5 Å². The van der Waals surface area contributed by atoms with Gasteiger partial charge in [-0.15, -0.1) is 0 Å². The molecule has 0 aliphatic carbocycles. The zero-order chi connectivity index (χ0) is 5.44. The predicted octanol–water partition coefficient (Wildman–Crippen LogP) is -1.11. The molecule has 1 atom stereocenters. The van der Waals surface area contributed by atoms with Crippen molar-refractivity contribution >= 4 is 16.3 Å². The van der Waals surface area contributed by atoms with E-state index >= 15 is 0 Å². The minimum absolute atomic E-state index is 0.333. The van der Waals surface area contributed by atoms with Crippen molar-refractivity contribution in [1.82, 2.24) is 4.57 Å². The summed E-state index contributed by atoms with van der Waals surface area (Å²) < 4.78 is 1.89. The van der Waals surface area contributed by atoms with Crippen LogP contribution in [0.2, 0.25) is 0 Å². The summed E-state index contributed by atoms with van der Waals surface area (Å²) >= 11 is 0. The second kappa shape index (κ2) is 1.33. The Balaban J connectivity index is 2.43. The van der Waals surface area contributed by atoms with Gasteiger partial charge in [0.25, 0.3) is 0 Å². The lowest BCUT2D eigenvalue weighted by Crippen LogP contribution is -2.48. The van der Waals surface area contributed by atoms with Gasteiger partial charge in [0.15, 0.2) is 0 Å². The van der Waals surface area contributed by atoms with E-state index in [1.807, 2.05) is 4.57 Å². The van der Waals surface area contributed by atoms with Gasteiger partial charge in [0.2, 0.25) is 5.91 Å². The number of rotatable bonds is 0. The molecule has 0 bridgehead atoms. The fourth-order valence-electron chi connectivity index (χ4n) is 0.667. The van der Waals surface area contributed by atoms with Gasteiger partial charge < -0.3 is 4.57 Å². The first kappa shape index (κ1) is 4.84. The second-order valence-electron chi connectivity index (χ2n) is 2.06. The molecule has 40 valence electrons. The van der Waals surface area contributed by atoms with Gasteiger partial charge in [0.05, 0.1) is 0 Å². The van der Waals surface area contributed by atoms with E-state index < -0.39 is 0 Å². The molecule has 0 aromatic carbocycles. The van der Waals surface area contributed by atoms with E-state index in [2.05, 4.69) is 6.92 Å². The van der Waals surface area contributed by atoms with E-state index in [0.29, 0.717) is 11.9 Å². The van der Waals surface area contributed by atoms with E-state index in [-0.39, 0.29) is 0 Å². The minimum atomic E-state index is 0.333. The fraction of sp³-hybridized carbons (Fsp3) is 0.750. The van der Waals surface area contributed by atoms with E-state index in [0.717, 1.165) is 16.8 Å². The largest absolute Gasteiger partial charge is 0.375 e. The average Bonchev–Trinajstić information content (AvgIpc) is 1.68. The summed E-state index contributed by atoms with van der Waals surface area (Å²) in [6.07, 6.45) is 0.781.